The van der Waals surface area contributed by atoms with Crippen LogP contribution >= 0.6 is 9.47 Å². The molecule has 0 bridgehead atoms. The number of nitrogens with zero attached hydrogens (tertiary/aromatic N) is 1. The quantitative estimate of drug-likeness (QED) is 0.569. The summed E-state index contributed by atoms with van der Waals surface area (Å²) in [4.78, 5) is 3.18. The Hall–Kier alpha value is -1.26. The van der Waals surface area contributed by atoms with Crippen molar-refractivity contribution in [3.63, 3.8) is 0 Å². The first-order chi connectivity index (χ1) is 5.86. The second kappa shape index (κ2) is 4.58. The first-order valence-corrected chi connectivity index (χ1v) is 3.88. The summed E-state index contributed by atoms with van der Waals surface area (Å²) < 4.78 is 4.90. The van der Waals surface area contributed by atoms with Crippen molar-refractivity contribution in [2.75, 3.05) is 12.0 Å². The third-order valence-electron chi connectivity index (χ3n) is 1.35. The van der Waals surface area contributed by atoms with E-state index in [1.807, 2.05) is 24.3 Å². The smallest absolute Gasteiger partial charge is 0.287 e. The molecule has 1 aromatic rings. The zero-order valence-corrected chi connectivity index (χ0v) is 7.60. The Labute approximate surface area is 73.8 Å². The molecule has 0 amide bonds. The Bertz CT molecular complexity index is 278. The molecule has 1 unspecified atom stereocenters. The third kappa shape index (κ3) is 2.41. The van der Waals surface area contributed by atoms with E-state index in [2.05, 4.69) is 19.6 Å². The number of hydrogen-bond acceptors (Lipinski definition) is 2. The lowest BCUT2D eigenvalue weighted by Gasteiger charge is -2.01. The van der Waals surface area contributed by atoms with E-state index in [4.69, 9.17) is 11.1 Å². The summed E-state index contributed by atoms with van der Waals surface area (Å²) in [6.07, 6.45) is 0. The van der Waals surface area contributed by atoms with Crippen LogP contribution in [0.5, 0.6) is 5.75 Å². The van der Waals surface area contributed by atoms with E-state index in [1.165, 1.54) is 0 Å². The van der Waals surface area contributed by atoms with Crippen molar-refractivity contribution in [3.8, 4) is 5.75 Å². The lowest BCUT2D eigenvalue weighted by Crippen LogP contribution is -1.95. The van der Waals surface area contributed by atoms with E-state index in [0.29, 0.717) is 6.67 Å². The van der Waals surface area contributed by atoms with Gasteiger partial charge in [0.05, 0.1) is 9.47 Å². The van der Waals surface area contributed by atoms with Gasteiger partial charge in [-0.25, -0.2) is 6.57 Å². The molecule has 0 saturated carbocycles. The minimum Gasteiger partial charge on any atom is -0.480 e. The molecule has 0 heterocycles. The van der Waals surface area contributed by atoms with Crippen LogP contribution < -0.4 is 9.84 Å². The van der Waals surface area contributed by atoms with E-state index in [9.17, 15) is 0 Å². The molecule has 1 aromatic carbocycles. The lowest BCUT2D eigenvalue weighted by atomic mass is 10.3. The molecule has 0 radical (unpaired) electrons. The van der Waals surface area contributed by atoms with Crippen LogP contribution in [0.1, 0.15) is 0 Å². The van der Waals surface area contributed by atoms with Gasteiger partial charge < -0.3 is 9.84 Å². The van der Waals surface area contributed by atoms with E-state index < -0.39 is 0 Å². The minimum atomic E-state index is 0.307. The van der Waals surface area contributed by atoms with Gasteiger partial charge in [0.15, 0.2) is 0 Å². The summed E-state index contributed by atoms with van der Waals surface area (Å²) in [5.41, 5.74) is 0.928. The normalized spacial score (nSPS) is 8.67. The molecule has 0 fully saturated rings. The maximum atomic E-state index is 6.56. The summed E-state index contributed by atoms with van der Waals surface area (Å²) in [6, 6.07) is 7.40. The van der Waals surface area contributed by atoms with Gasteiger partial charge in [-0.2, -0.15) is 0 Å². The van der Waals surface area contributed by atoms with Crippen molar-refractivity contribution in [1.29, 1.82) is 0 Å². The Balaban J connectivity index is 2.60. The molecule has 1 N–H and O–H groups in total. The van der Waals surface area contributed by atoms with Crippen LogP contribution in [0.2, 0.25) is 0 Å². The maximum Gasteiger partial charge on any atom is 0.287 e. The van der Waals surface area contributed by atoms with Gasteiger partial charge in [0.2, 0.25) is 0 Å². The highest BCUT2D eigenvalue weighted by Gasteiger charge is 1.92. The molecule has 12 heavy (non-hydrogen) atoms. The number of nitrogens with one attached hydrogen (secondary N) is 1. The van der Waals surface area contributed by atoms with Crippen LogP contribution in [-0.2, 0) is 0 Å². The Morgan fingerprint density at radius 2 is 2.08 bits per heavy atom. The molecule has 0 aliphatic heterocycles. The molecule has 1 rings (SSSR count). The van der Waals surface area contributed by atoms with Gasteiger partial charge in [0.25, 0.3) is 6.67 Å². The average Bonchev–Trinajstić information content (AvgIpc) is 2.15. The average molecular weight is 180 g/mol. The fraction of sp³-hybridized carbons (Fsp3) is 0.125. The van der Waals surface area contributed by atoms with E-state index in [0.717, 1.165) is 11.4 Å². The highest BCUT2D eigenvalue weighted by molar-refractivity contribution is 7.10. The van der Waals surface area contributed by atoms with Crippen molar-refractivity contribution in [1.82, 2.24) is 0 Å². The van der Waals surface area contributed by atoms with E-state index in [1.54, 1.807) is 0 Å². The molecule has 4 heteroatoms. The standard InChI is InChI=1S/C8H9N2OP/c1-9-6-10-7-2-4-8(11-12)5-3-7/h2-5,10H,6,12H2. The SMILES string of the molecule is [C-]#[N+]CNc1ccc(OP)cc1. The Morgan fingerprint density at radius 1 is 1.42 bits per heavy atom. The number of rotatable bonds is 3. The predicted molar refractivity (Wildman–Crippen MR) is 51.9 cm³/mol. The van der Waals surface area contributed by atoms with Gasteiger partial charge in [-0.15, -0.1) is 0 Å². The molecule has 62 valence electrons. The monoisotopic (exact) mass is 180 g/mol. The van der Waals surface area contributed by atoms with Crippen molar-refractivity contribution in [2.24, 2.45) is 0 Å². The molecule has 0 saturated heterocycles. The summed E-state index contributed by atoms with van der Waals surface area (Å²) >= 11 is 0. The zero-order chi connectivity index (χ0) is 8.81. The molecule has 0 aliphatic carbocycles. The number of hydrogen-bond donors (Lipinski definition) is 1. The van der Waals surface area contributed by atoms with Crippen molar-refractivity contribution in [3.05, 3.63) is 35.7 Å². The fourth-order valence-corrected chi connectivity index (χ4v) is 0.939. The Morgan fingerprint density at radius 3 is 2.58 bits per heavy atom. The van der Waals surface area contributed by atoms with Crippen molar-refractivity contribution >= 4 is 15.2 Å². The van der Waals surface area contributed by atoms with Gasteiger partial charge >= 0.3 is 0 Å². The number of anilines is 1. The largest absolute Gasteiger partial charge is 0.480 e. The van der Waals surface area contributed by atoms with Gasteiger partial charge in [-0.05, 0) is 24.3 Å². The van der Waals surface area contributed by atoms with Crippen LogP contribution in [0.4, 0.5) is 5.69 Å². The molecule has 1 atom stereocenters. The van der Waals surface area contributed by atoms with E-state index in [-0.39, 0.29) is 0 Å². The lowest BCUT2D eigenvalue weighted by molar-refractivity contribution is 0.646. The fourth-order valence-electron chi connectivity index (χ4n) is 0.782. The van der Waals surface area contributed by atoms with Crippen LogP contribution in [0, 0.1) is 6.57 Å². The minimum absolute atomic E-state index is 0.307. The molecular formula is C8H9N2OP. The van der Waals surface area contributed by atoms with Crippen LogP contribution in [0.25, 0.3) is 4.85 Å². The first-order valence-electron chi connectivity index (χ1n) is 3.40. The van der Waals surface area contributed by atoms with E-state index >= 15 is 0 Å². The zero-order valence-electron chi connectivity index (χ0n) is 6.45. The molecule has 0 aliphatic rings. The summed E-state index contributed by atoms with van der Waals surface area (Å²) in [5.74, 6) is 0.786. The van der Waals surface area contributed by atoms with Crippen molar-refractivity contribution < 1.29 is 4.52 Å². The molecule has 0 spiro atoms. The topological polar surface area (TPSA) is 25.6 Å². The van der Waals surface area contributed by atoms with Gasteiger partial charge in [-0.3, -0.25) is 4.85 Å². The van der Waals surface area contributed by atoms with Gasteiger partial charge in [-0.1, -0.05) is 0 Å². The summed E-state index contributed by atoms with van der Waals surface area (Å²) in [6.45, 7) is 6.87. The highest BCUT2D eigenvalue weighted by Crippen LogP contribution is 2.16. The maximum absolute atomic E-state index is 6.56. The van der Waals surface area contributed by atoms with Gasteiger partial charge in [0, 0.05) is 5.69 Å². The molecule has 0 aromatic heterocycles. The third-order valence-corrected chi connectivity index (χ3v) is 1.62. The highest BCUT2D eigenvalue weighted by atomic mass is 31.0. The summed E-state index contributed by atoms with van der Waals surface area (Å²) in [5, 5.41) is 2.93. The van der Waals surface area contributed by atoms with Crippen LogP contribution in [0.3, 0.4) is 0 Å². The van der Waals surface area contributed by atoms with Crippen molar-refractivity contribution in [2.45, 2.75) is 0 Å². The second-order valence-electron chi connectivity index (χ2n) is 2.14. The summed E-state index contributed by atoms with van der Waals surface area (Å²) in [7, 11) is 2.18. The first kappa shape index (κ1) is 8.83. The molecule has 3 nitrogen and oxygen atoms in total. The van der Waals surface area contributed by atoms with Crippen LogP contribution in [-0.4, -0.2) is 6.67 Å². The predicted octanol–water partition coefficient (Wildman–Crippen LogP) is 2.14. The van der Waals surface area contributed by atoms with Crippen LogP contribution in [0.15, 0.2) is 24.3 Å². The second-order valence-corrected chi connectivity index (χ2v) is 2.37. The molecular weight excluding hydrogens is 171 g/mol. The van der Waals surface area contributed by atoms with Gasteiger partial charge in [0.1, 0.15) is 5.75 Å². The number of benzene rings is 1. The Kier molecular flexibility index (Phi) is 3.37.